The molecule has 2 aromatic rings. The van der Waals surface area contributed by atoms with Gasteiger partial charge in [-0.25, -0.2) is 0 Å². The van der Waals surface area contributed by atoms with Crippen LogP contribution in [0, 0.1) is 10.1 Å². The molecule has 0 aliphatic heterocycles. The van der Waals surface area contributed by atoms with Gasteiger partial charge in [0, 0.05) is 48.0 Å². The average Bonchev–Trinajstić information content (AvgIpc) is 2.64. The highest BCUT2D eigenvalue weighted by Gasteiger charge is 2.15. The molecule has 2 rings (SSSR count). The third-order valence-electron chi connectivity index (χ3n) is 3.52. The van der Waals surface area contributed by atoms with Crippen molar-refractivity contribution >= 4 is 39.1 Å². The van der Waals surface area contributed by atoms with Gasteiger partial charge in [-0.2, -0.15) is 0 Å². The monoisotopic (exact) mass is 420 g/mol. The molecule has 9 heteroatoms. The van der Waals surface area contributed by atoms with Crippen molar-refractivity contribution < 1.29 is 14.5 Å². The third-order valence-corrected chi connectivity index (χ3v) is 4.05. The number of hydrogen-bond donors (Lipinski definition) is 3. The Labute approximate surface area is 158 Å². The molecule has 0 unspecified atom stereocenters. The molecule has 0 saturated carbocycles. The van der Waals surface area contributed by atoms with Gasteiger partial charge in [-0.1, -0.05) is 15.9 Å². The van der Waals surface area contributed by atoms with E-state index >= 15 is 0 Å². The van der Waals surface area contributed by atoms with Gasteiger partial charge in [0.25, 0.3) is 17.5 Å². The van der Waals surface area contributed by atoms with E-state index in [9.17, 15) is 19.7 Å². The van der Waals surface area contributed by atoms with Gasteiger partial charge in [-0.3, -0.25) is 19.7 Å². The Balaban J connectivity index is 1.96. The Hall–Kier alpha value is -2.94. The molecule has 0 aliphatic carbocycles. The van der Waals surface area contributed by atoms with Crippen molar-refractivity contribution in [3.05, 3.63) is 68.2 Å². The number of nitrogens with zero attached hydrogens (tertiary/aromatic N) is 1. The Bertz CT molecular complexity index is 824. The van der Waals surface area contributed by atoms with Crippen molar-refractivity contribution in [1.29, 1.82) is 0 Å². The van der Waals surface area contributed by atoms with Gasteiger partial charge in [-0.05, 0) is 30.3 Å². The van der Waals surface area contributed by atoms with Crippen molar-refractivity contribution in [2.45, 2.75) is 0 Å². The molecule has 0 aromatic heterocycles. The minimum absolute atomic E-state index is 0.168. The summed E-state index contributed by atoms with van der Waals surface area (Å²) in [5.74, 6) is -0.648. The SMILES string of the molecule is CNC(=O)c1cc([N+](=O)[O-])ccc1NCCNC(=O)c1ccc(Br)cc1. The van der Waals surface area contributed by atoms with Gasteiger partial charge in [0.2, 0.25) is 0 Å². The molecule has 26 heavy (non-hydrogen) atoms. The number of nitro groups is 1. The van der Waals surface area contributed by atoms with Crippen molar-refractivity contribution in [2.75, 3.05) is 25.5 Å². The molecule has 3 N–H and O–H groups in total. The fraction of sp³-hybridized carbons (Fsp3) is 0.176. The number of carbonyl (C=O) groups excluding carboxylic acids is 2. The van der Waals surface area contributed by atoms with E-state index in [0.29, 0.717) is 24.3 Å². The summed E-state index contributed by atoms with van der Waals surface area (Å²) in [6, 6.07) is 11.0. The number of halogens is 1. The van der Waals surface area contributed by atoms with E-state index in [-0.39, 0.29) is 17.2 Å². The highest BCUT2D eigenvalue weighted by atomic mass is 79.9. The summed E-state index contributed by atoms with van der Waals surface area (Å²) in [6.45, 7) is 0.670. The van der Waals surface area contributed by atoms with Crippen LogP contribution in [0.25, 0.3) is 0 Å². The van der Waals surface area contributed by atoms with Crippen molar-refractivity contribution in [2.24, 2.45) is 0 Å². The predicted octanol–water partition coefficient (Wildman–Crippen LogP) is 2.56. The van der Waals surface area contributed by atoms with Crippen LogP contribution in [0.5, 0.6) is 0 Å². The summed E-state index contributed by atoms with van der Waals surface area (Å²) in [6.07, 6.45) is 0. The number of hydrogen-bond acceptors (Lipinski definition) is 5. The molecular weight excluding hydrogens is 404 g/mol. The Morgan fingerprint density at radius 2 is 1.77 bits per heavy atom. The van der Waals surface area contributed by atoms with Crippen LogP contribution in [0.2, 0.25) is 0 Å². The second kappa shape index (κ2) is 8.95. The van der Waals surface area contributed by atoms with Crippen molar-refractivity contribution in [1.82, 2.24) is 10.6 Å². The van der Waals surface area contributed by atoms with E-state index in [0.717, 1.165) is 4.47 Å². The normalized spacial score (nSPS) is 10.1. The van der Waals surface area contributed by atoms with Crippen molar-refractivity contribution in [3.8, 4) is 0 Å². The molecule has 2 amide bonds. The number of amides is 2. The van der Waals surface area contributed by atoms with Crippen LogP contribution in [-0.4, -0.2) is 36.9 Å². The smallest absolute Gasteiger partial charge is 0.270 e. The molecule has 0 radical (unpaired) electrons. The molecule has 0 bridgehead atoms. The largest absolute Gasteiger partial charge is 0.383 e. The van der Waals surface area contributed by atoms with Gasteiger partial charge >= 0.3 is 0 Å². The van der Waals surface area contributed by atoms with Crippen LogP contribution < -0.4 is 16.0 Å². The first-order chi connectivity index (χ1) is 12.4. The Morgan fingerprint density at radius 1 is 1.08 bits per heavy atom. The van der Waals surface area contributed by atoms with E-state index in [1.54, 1.807) is 24.3 Å². The van der Waals surface area contributed by atoms with E-state index < -0.39 is 10.8 Å². The minimum Gasteiger partial charge on any atom is -0.383 e. The second-order valence-corrected chi connectivity index (χ2v) is 6.17. The van der Waals surface area contributed by atoms with Crippen LogP contribution in [0.1, 0.15) is 20.7 Å². The zero-order valence-electron chi connectivity index (χ0n) is 13.9. The highest BCUT2D eigenvalue weighted by molar-refractivity contribution is 9.10. The molecule has 0 fully saturated rings. The van der Waals surface area contributed by atoms with Crippen LogP contribution in [0.15, 0.2) is 46.9 Å². The van der Waals surface area contributed by atoms with Crippen LogP contribution in [0.4, 0.5) is 11.4 Å². The van der Waals surface area contributed by atoms with E-state index in [1.165, 1.54) is 25.2 Å². The van der Waals surface area contributed by atoms with E-state index in [2.05, 4.69) is 31.9 Å². The van der Waals surface area contributed by atoms with Gasteiger partial charge in [-0.15, -0.1) is 0 Å². The second-order valence-electron chi connectivity index (χ2n) is 5.26. The number of nitrogens with one attached hydrogen (secondary N) is 3. The highest BCUT2D eigenvalue weighted by Crippen LogP contribution is 2.22. The number of nitro benzene ring substituents is 1. The maximum Gasteiger partial charge on any atom is 0.270 e. The fourth-order valence-corrected chi connectivity index (χ4v) is 2.46. The maximum absolute atomic E-state index is 12.0. The summed E-state index contributed by atoms with van der Waals surface area (Å²) < 4.78 is 0.885. The van der Waals surface area contributed by atoms with E-state index in [4.69, 9.17) is 0 Å². The molecule has 2 aromatic carbocycles. The number of anilines is 1. The number of non-ortho nitro benzene ring substituents is 1. The lowest BCUT2D eigenvalue weighted by molar-refractivity contribution is -0.384. The maximum atomic E-state index is 12.0. The molecular formula is C17H17BrN4O4. The Morgan fingerprint density at radius 3 is 2.38 bits per heavy atom. The summed E-state index contributed by atoms with van der Waals surface area (Å²) in [5, 5.41) is 19.1. The molecule has 136 valence electrons. The number of carbonyl (C=O) groups is 2. The lowest BCUT2D eigenvalue weighted by Crippen LogP contribution is -2.29. The van der Waals surface area contributed by atoms with Crippen LogP contribution in [0.3, 0.4) is 0 Å². The summed E-state index contributed by atoms with van der Waals surface area (Å²) in [5.41, 5.74) is 0.987. The van der Waals surface area contributed by atoms with Gasteiger partial charge in [0.05, 0.1) is 10.5 Å². The lowest BCUT2D eigenvalue weighted by Gasteiger charge is -2.12. The first-order valence-electron chi connectivity index (χ1n) is 7.70. The first-order valence-corrected chi connectivity index (χ1v) is 8.50. The summed E-state index contributed by atoms with van der Waals surface area (Å²) in [4.78, 5) is 34.2. The van der Waals surface area contributed by atoms with Gasteiger partial charge in [0.15, 0.2) is 0 Å². The van der Waals surface area contributed by atoms with Crippen molar-refractivity contribution in [3.63, 3.8) is 0 Å². The van der Waals surface area contributed by atoms with E-state index in [1.807, 2.05) is 0 Å². The number of rotatable bonds is 7. The predicted molar refractivity (Wildman–Crippen MR) is 101 cm³/mol. The standard InChI is InChI=1S/C17H17BrN4O4/c1-19-17(24)14-10-13(22(25)26)6-7-15(14)20-8-9-21-16(23)11-2-4-12(18)5-3-11/h2-7,10,20H,8-9H2,1H3,(H,19,24)(H,21,23). The van der Waals surface area contributed by atoms with Crippen LogP contribution in [-0.2, 0) is 0 Å². The zero-order valence-corrected chi connectivity index (χ0v) is 15.5. The topological polar surface area (TPSA) is 113 Å². The Kier molecular flexibility index (Phi) is 6.67. The quantitative estimate of drug-likeness (QED) is 0.361. The van der Waals surface area contributed by atoms with Crippen LogP contribution >= 0.6 is 15.9 Å². The molecule has 0 spiro atoms. The summed E-state index contributed by atoms with van der Waals surface area (Å²) in [7, 11) is 1.45. The molecule has 8 nitrogen and oxygen atoms in total. The first kappa shape index (κ1) is 19.4. The minimum atomic E-state index is -0.561. The number of benzene rings is 2. The zero-order chi connectivity index (χ0) is 19.1. The molecule has 0 saturated heterocycles. The average molecular weight is 421 g/mol. The fourth-order valence-electron chi connectivity index (χ4n) is 2.20. The molecule has 0 heterocycles. The van der Waals surface area contributed by atoms with Gasteiger partial charge in [0.1, 0.15) is 0 Å². The summed E-state index contributed by atoms with van der Waals surface area (Å²) >= 11 is 3.31. The molecule has 0 aliphatic rings. The molecule has 0 atom stereocenters. The van der Waals surface area contributed by atoms with Gasteiger partial charge < -0.3 is 16.0 Å². The lowest BCUT2D eigenvalue weighted by atomic mass is 10.1. The third kappa shape index (κ3) is 5.03.